The third-order valence-corrected chi connectivity index (χ3v) is 3.98. The first-order chi connectivity index (χ1) is 11.6. The molecule has 0 spiro atoms. The van der Waals surface area contributed by atoms with Crippen LogP contribution >= 0.6 is 15.9 Å². The van der Waals surface area contributed by atoms with Crippen LogP contribution in [0.3, 0.4) is 0 Å². The summed E-state index contributed by atoms with van der Waals surface area (Å²) >= 11 is 3.35. The third-order valence-electron chi connectivity index (χ3n) is 3.49. The Kier molecular flexibility index (Phi) is 5.13. The van der Waals surface area contributed by atoms with Gasteiger partial charge in [-0.3, -0.25) is 4.79 Å². The van der Waals surface area contributed by atoms with Crippen molar-refractivity contribution in [1.82, 2.24) is 0 Å². The molecule has 0 aliphatic heterocycles. The first-order valence-corrected chi connectivity index (χ1v) is 8.16. The number of hydrogen-bond donors (Lipinski definition) is 1. The lowest BCUT2D eigenvalue weighted by Gasteiger charge is -2.11. The zero-order valence-corrected chi connectivity index (χ0v) is 14.3. The van der Waals surface area contributed by atoms with Gasteiger partial charge in [0.05, 0.1) is 0 Å². The second-order valence-electron chi connectivity index (χ2n) is 5.24. The summed E-state index contributed by atoms with van der Waals surface area (Å²) in [5.41, 5.74) is 1.25. The van der Waals surface area contributed by atoms with E-state index in [0.29, 0.717) is 5.56 Å². The van der Waals surface area contributed by atoms with E-state index in [9.17, 15) is 9.90 Å². The highest BCUT2D eigenvalue weighted by Gasteiger charge is 2.15. The van der Waals surface area contributed by atoms with Gasteiger partial charge < -0.3 is 14.3 Å². The number of ether oxygens (including phenoxy) is 1. The lowest BCUT2D eigenvalue weighted by atomic mass is 10.1. The van der Waals surface area contributed by atoms with E-state index in [4.69, 9.17) is 9.15 Å². The maximum atomic E-state index is 12.2. The number of halogens is 1. The van der Waals surface area contributed by atoms with Crippen molar-refractivity contribution in [2.45, 2.75) is 12.7 Å². The van der Waals surface area contributed by atoms with Gasteiger partial charge in [0.2, 0.25) is 11.2 Å². The molecular formula is C19H15BrO4. The zero-order valence-electron chi connectivity index (χ0n) is 12.7. The van der Waals surface area contributed by atoms with Crippen molar-refractivity contribution >= 4 is 15.9 Å². The molecule has 0 fully saturated rings. The fourth-order valence-electron chi connectivity index (χ4n) is 2.24. The maximum absolute atomic E-state index is 12.2. The molecule has 0 amide bonds. The third kappa shape index (κ3) is 3.93. The molecule has 0 aliphatic carbocycles. The van der Waals surface area contributed by atoms with Gasteiger partial charge in [0, 0.05) is 10.5 Å². The molecule has 3 rings (SSSR count). The minimum Gasteiger partial charge on any atom is -0.482 e. The Morgan fingerprint density at radius 3 is 2.58 bits per heavy atom. The van der Waals surface area contributed by atoms with Gasteiger partial charge in [0.15, 0.2) is 0 Å². The van der Waals surface area contributed by atoms with E-state index >= 15 is 0 Å². The summed E-state index contributed by atoms with van der Waals surface area (Å²) in [7, 11) is 0. The SMILES string of the molecule is O=c1cc(C(O)c2cccc(Br)c2)occ1OCc1ccccc1. The largest absolute Gasteiger partial charge is 0.482 e. The number of benzene rings is 2. The lowest BCUT2D eigenvalue weighted by Crippen LogP contribution is -2.10. The topological polar surface area (TPSA) is 59.7 Å². The quantitative estimate of drug-likeness (QED) is 0.717. The van der Waals surface area contributed by atoms with Crippen molar-refractivity contribution in [3.8, 4) is 5.75 Å². The molecule has 0 aliphatic rings. The standard InChI is InChI=1S/C19H15BrO4/c20-15-8-4-7-14(9-15)19(22)17-10-16(21)18(12-24-17)23-11-13-5-2-1-3-6-13/h1-10,12,19,22H,11H2. The highest BCUT2D eigenvalue weighted by molar-refractivity contribution is 9.10. The van der Waals surface area contributed by atoms with Gasteiger partial charge in [-0.25, -0.2) is 0 Å². The summed E-state index contributed by atoms with van der Waals surface area (Å²) in [6.07, 6.45) is 0.223. The molecule has 3 aromatic rings. The Morgan fingerprint density at radius 2 is 1.88 bits per heavy atom. The van der Waals surface area contributed by atoms with Crippen LogP contribution in [-0.4, -0.2) is 5.11 Å². The summed E-state index contributed by atoms with van der Waals surface area (Å²) < 4.78 is 11.7. The second-order valence-corrected chi connectivity index (χ2v) is 6.16. The van der Waals surface area contributed by atoms with E-state index in [0.717, 1.165) is 10.0 Å². The number of aliphatic hydroxyl groups excluding tert-OH is 1. The van der Waals surface area contributed by atoms with Gasteiger partial charge in [0.25, 0.3) is 0 Å². The fraction of sp³-hybridized carbons (Fsp3) is 0.105. The number of aliphatic hydroxyl groups is 1. The van der Waals surface area contributed by atoms with E-state index < -0.39 is 6.10 Å². The van der Waals surface area contributed by atoms with E-state index in [2.05, 4.69) is 15.9 Å². The van der Waals surface area contributed by atoms with Crippen LogP contribution in [0.15, 0.2) is 80.6 Å². The normalized spacial score (nSPS) is 11.9. The van der Waals surface area contributed by atoms with Crippen LogP contribution in [0.4, 0.5) is 0 Å². The minimum atomic E-state index is -1.02. The minimum absolute atomic E-state index is 0.115. The second kappa shape index (κ2) is 7.47. The summed E-state index contributed by atoms with van der Waals surface area (Å²) in [6.45, 7) is 0.277. The molecule has 0 bridgehead atoms. The Balaban J connectivity index is 1.76. The first-order valence-electron chi connectivity index (χ1n) is 7.36. The fourth-order valence-corrected chi connectivity index (χ4v) is 2.66. The number of hydrogen-bond acceptors (Lipinski definition) is 4. The molecule has 1 unspecified atom stereocenters. The molecule has 0 saturated carbocycles. The van der Waals surface area contributed by atoms with Crippen LogP contribution in [0.25, 0.3) is 0 Å². The summed E-state index contributed by atoms with van der Waals surface area (Å²) in [6, 6.07) is 18.0. The van der Waals surface area contributed by atoms with Crippen molar-refractivity contribution in [3.63, 3.8) is 0 Å². The van der Waals surface area contributed by atoms with E-state index in [1.807, 2.05) is 36.4 Å². The van der Waals surface area contributed by atoms with Crippen molar-refractivity contribution in [1.29, 1.82) is 0 Å². The van der Waals surface area contributed by atoms with Crippen LogP contribution in [0.2, 0.25) is 0 Å². The van der Waals surface area contributed by atoms with E-state index in [1.165, 1.54) is 12.3 Å². The molecule has 0 saturated heterocycles. The molecule has 1 atom stereocenters. The molecule has 1 aromatic heterocycles. The smallest absolute Gasteiger partial charge is 0.227 e. The Hall–Kier alpha value is -2.37. The Labute approximate surface area is 147 Å². The van der Waals surface area contributed by atoms with Crippen LogP contribution in [0, 0.1) is 0 Å². The molecule has 4 nitrogen and oxygen atoms in total. The predicted molar refractivity (Wildman–Crippen MR) is 94.0 cm³/mol. The molecule has 1 heterocycles. The molecule has 0 radical (unpaired) electrons. The van der Waals surface area contributed by atoms with Gasteiger partial charge >= 0.3 is 0 Å². The maximum Gasteiger partial charge on any atom is 0.227 e. The van der Waals surface area contributed by atoms with Gasteiger partial charge in [-0.1, -0.05) is 58.4 Å². The van der Waals surface area contributed by atoms with E-state index in [-0.39, 0.29) is 23.5 Å². The van der Waals surface area contributed by atoms with Gasteiger partial charge in [0.1, 0.15) is 24.7 Å². The van der Waals surface area contributed by atoms with Crippen molar-refractivity contribution in [3.05, 3.63) is 98.5 Å². The van der Waals surface area contributed by atoms with Crippen molar-refractivity contribution in [2.75, 3.05) is 0 Å². The van der Waals surface area contributed by atoms with Crippen molar-refractivity contribution in [2.24, 2.45) is 0 Å². The van der Waals surface area contributed by atoms with E-state index in [1.54, 1.807) is 18.2 Å². The summed E-state index contributed by atoms with van der Waals surface area (Å²) in [5.74, 6) is 0.286. The highest BCUT2D eigenvalue weighted by Crippen LogP contribution is 2.24. The predicted octanol–water partition coefficient (Wildman–Crippen LogP) is 4.06. The first kappa shape index (κ1) is 16.5. The van der Waals surface area contributed by atoms with Crippen LogP contribution in [0.5, 0.6) is 5.75 Å². The average Bonchev–Trinajstić information content (AvgIpc) is 2.61. The molecule has 5 heteroatoms. The van der Waals surface area contributed by atoms with Crippen LogP contribution in [-0.2, 0) is 6.61 Å². The summed E-state index contributed by atoms with van der Waals surface area (Å²) in [4.78, 5) is 12.2. The van der Waals surface area contributed by atoms with Gasteiger partial charge in [-0.15, -0.1) is 0 Å². The monoisotopic (exact) mass is 386 g/mol. The van der Waals surface area contributed by atoms with Gasteiger partial charge in [-0.05, 0) is 23.3 Å². The highest BCUT2D eigenvalue weighted by atomic mass is 79.9. The van der Waals surface area contributed by atoms with Gasteiger partial charge in [-0.2, -0.15) is 0 Å². The summed E-state index contributed by atoms with van der Waals surface area (Å²) in [5, 5.41) is 10.3. The molecule has 122 valence electrons. The molecule has 2 aromatic carbocycles. The van der Waals surface area contributed by atoms with Crippen molar-refractivity contribution < 1.29 is 14.3 Å². The zero-order chi connectivity index (χ0) is 16.9. The Bertz CT molecular complexity index is 874. The van der Waals surface area contributed by atoms with Crippen LogP contribution < -0.4 is 10.2 Å². The molecule has 1 N–H and O–H groups in total. The number of rotatable bonds is 5. The van der Waals surface area contributed by atoms with Crippen LogP contribution in [0.1, 0.15) is 23.0 Å². The average molecular weight is 387 g/mol. The molecular weight excluding hydrogens is 372 g/mol. The Morgan fingerprint density at radius 1 is 1.08 bits per heavy atom. The molecule has 24 heavy (non-hydrogen) atoms. The lowest BCUT2D eigenvalue weighted by molar-refractivity contribution is 0.183.